The summed E-state index contributed by atoms with van der Waals surface area (Å²) in [6.07, 6.45) is 6.63. The number of nitrogens with zero attached hydrogens (tertiary/aromatic N) is 4. The number of fused-ring (bicyclic) bond motifs is 2. The molecular formula is C20H20F2N4O. The van der Waals surface area contributed by atoms with Gasteiger partial charge >= 0.3 is 0 Å². The molecule has 0 aliphatic carbocycles. The summed E-state index contributed by atoms with van der Waals surface area (Å²) < 4.78 is 27.7. The number of amides is 1. The number of carbonyl (C=O) groups is 1. The molecule has 0 N–H and O–H groups in total. The predicted molar refractivity (Wildman–Crippen MR) is 94.0 cm³/mol. The number of likely N-dealkylation sites (tertiary alicyclic amines) is 1. The maximum Gasteiger partial charge on any atom is 0.274 e. The van der Waals surface area contributed by atoms with Gasteiger partial charge in [-0.05, 0) is 49.5 Å². The summed E-state index contributed by atoms with van der Waals surface area (Å²) in [5.41, 5.74) is 0.947. The number of rotatable bonds is 2. The summed E-state index contributed by atoms with van der Waals surface area (Å²) in [6.45, 7) is 2.40. The minimum Gasteiger partial charge on any atom is -0.332 e. The van der Waals surface area contributed by atoms with Gasteiger partial charge in [0.05, 0.1) is 12.2 Å². The minimum atomic E-state index is -0.573. The van der Waals surface area contributed by atoms with Crippen molar-refractivity contribution in [3.63, 3.8) is 0 Å². The summed E-state index contributed by atoms with van der Waals surface area (Å²) in [5.74, 6) is -0.980. The van der Waals surface area contributed by atoms with Crippen molar-refractivity contribution in [2.24, 2.45) is 5.92 Å². The quantitative estimate of drug-likeness (QED) is 0.815. The zero-order valence-electron chi connectivity index (χ0n) is 14.8. The molecule has 4 fully saturated rings. The summed E-state index contributed by atoms with van der Waals surface area (Å²) in [4.78, 5) is 25.6. The molecule has 4 aliphatic heterocycles. The van der Waals surface area contributed by atoms with E-state index in [-0.39, 0.29) is 23.9 Å². The van der Waals surface area contributed by atoms with Crippen molar-refractivity contribution in [2.45, 2.75) is 30.8 Å². The third kappa shape index (κ3) is 2.72. The summed E-state index contributed by atoms with van der Waals surface area (Å²) in [7, 11) is 0. The van der Waals surface area contributed by atoms with E-state index in [9.17, 15) is 13.6 Å². The van der Waals surface area contributed by atoms with Gasteiger partial charge in [0, 0.05) is 37.0 Å². The Morgan fingerprint density at radius 1 is 1.04 bits per heavy atom. The Kier molecular flexibility index (Phi) is 3.93. The summed E-state index contributed by atoms with van der Waals surface area (Å²) in [6, 6.07) is 3.86. The fourth-order valence-electron chi connectivity index (χ4n) is 5.29. The molecule has 0 saturated carbocycles. The molecule has 0 radical (unpaired) electrons. The number of hydrogen-bond acceptors (Lipinski definition) is 4. The topological polar surface area (TPSA) is 49.3 Å². The van der Waals surface area contributed by atoms with Crippen molar-refractivity contribution < 1.29 is 13.6 Å². The molecular weight excluding hydrogens is 350 g/mol. The number of halogens is 2. The van der Waals surface area contributed by atoms with E-state index in [0.29, 0.717) is 23.7 Å². The van der Waals surface area contributed by atoms with E-state index >= 15 is 0 Å². The van der Waals surface area contributed by atoms with E-state index < -0.39 is 11.6 Å². The molecule has 0 spiro atoms. The van der Waals surface area contributed by atoms with Gasteiger partial charge in [-0.25, -0.2) is 13.8 Å². The van der Waals surface area contributed by atoms with E-state index in [1.807, 2.05) is 4.90 Å². The highest BCUT2D eigenvalue weighted by Crippen LogP contribution is 2.47. The lowest BCUT2D eigenvalue weighted by atomic mass is 9.75. The predicted octanol–water partition coefficient (Wildman–Crippen LogP) is 2.46. The first kappa shape index (κ1) is 16.7. The second-order valence-corrected chi connectivity index (χ2v) is 7.71. The van der Waals surface area contributed by atoms with Crippen LogP contribution in [-0.2, 0) is 0 Å². The fraction of sp³-hybridized carbons (Fsp3) is 0.450. The van der Waals surface area contributed by atoms with Crippen molar-refractivity contribution in [1.82, 2.24) is 19.8 Å². The van der Waals surface area contributed by atoms with Gasteiger partial charge in [-0.1, -0.05) is 0 Å². The first-order valence-corrected chi connectivity index (χ1v) is 9.39. The second kappa shape index (κ2) is 6.34. The zero-order valence-corrected chi connectivity index (χ0v) is 14.8. The number of carbonyl (C=O) groups excluding carboxylic acids is 1. The van der Waals surface area contributed by atoms with Crippen LogP contribution in [0, 0.1) is 17.6 Å². The highest BCUT2D eigenvalue weighted by atomic mass is 19.1. The largest absolute Gasteiger partial charge is 0.332 e. The Morgan fingerprint density at radius 2 is 1.78 bits per heavy atom. The monoisotopic (exact) mass is 370 g/mol. The standard InChI is InChI=1S/C20H20F2N4O/c21-14-7-13(8-15(22)9-14)16-11-26(20(27)17-10-23-3-4-24-17)18-12-1-5-25(6-2-12)19(16)18/h3-4,7-10,12,16,18-19H,1-2,5-6,11H2/t16-,18+,19+/m0/s1. The number of piperidine rings is 3. The maximum absolute atomic E-state index is 13.9. The molecule has 4 aliphatic rings. The molecule has 5 nitrogen and oxygen atoms in total. The van der Waals surface area contributed by atoms with Crippen LogP contribution in [0.5, 0.6) is 0 Å². The van der Waals surface area contributed by atoms with E-state index in [1.165, 1.54) is 30.7 Å². The van der Waals surface area contributed by atoms with Crippen LogP contribution in [0.1, 0.15) is 34.8 Å². The average Bonchev–Trinajstić information content (AvgIpc) is 3.11. The smallest absolute Gasteiger partial charge is 0.274 e. The summed E-state index contributed by atoms with van der Waals surface area (Å²) >= 11 is 0. The molecule has 3 atom stereocenters. The van der Waals surface area contributed by atoms with Gasteiger partial charge in [0.1, 0.15) is 17.3 Å². The van der Waals surface area contributed by atoms with E-state index in [4.69, 9.17) is 0 Å². The van der Waals surface area contributed by atoms with Crippen LogP contribution in [0.4, 0.5) is 8.78 Å². The van der Waals surface area contributed by atoms with Crippen molar-refractivity contribution in [3.05, 3.63) is 59.7 Å². The number of aromatic nitrogens is 2. The van der Waals surface area contributed by atoms with Gasteiger partial charge in [-0.3, -0.25) is 14.7 Å². The second-order valence-electron chi connectivity index (χ2n) is 7.71. The lowest BCUT2D eigenvalue weighted by Crippen LogP contribution is -2.60. The van der Waals surface area contributed by atoms with Gasteiger partial charge in [-0.15, -0.1) is 0 Å². The van der Waals surface area contributed by atoms with Crippen LogP contribution in [0.25, 0.3) is 0 Å². The number of benzene rings is 1. The number of hydrogen-bond donors (Lipinski definition) is 0. The van der Waals surface area contributed by atoms with Crippen LogP contribution in [0.2, 0.25) is 0 Å². The Balaban J connectivity index is 1.55. The molecule has 1 aromatic heterocycles. The molecule has 2 aromatic rings. The van der Waals surface area contributed by atoms with Crippen LogP contribution in [0.15, 0.2) is 36.8 Å². The SMILES string of the molecule is O=C(c1cnccn1)N1C[C@@H](c2cc(F)cc(F)c2)[C@@H]2[C@H]1C1CCN2CC1. The van der Waals surface area contributed by atoms with Crippen molar-refractivity contribution >= 4 is 5.91 Å². The van der Waals surface area contributed by atoms with Gasteiger partial charge in [-0.2, -0.15) is 0 Å². The van der Waals surface area contributed by atoms with Crippen molar-refractivity contribution in [2.75, 3.05) is 19.6 Å². The van der Waals surface area contributed by atoms with Gasteiger partial charge in [0.2, 0.25) is 0 Å². The van der Waals surface area contributed by atoms with Gasteiger partial charge in [0.25, 0.3) is 5.91 Å². The molecule has 1 aromatic carbocycles. The van der Waals surface area contributed by atoms with Crippen LogP contribution < -0.4 is 0 Å². The molecule has 0 unspecified atom stereocenters. The first-order valence-electron chi connectivity index (χ1n) is 9.39. The molecule has 5 heterocycles. The van der Waals surface area contributed by atoms with E-state index in [2.05, 4.69) is 14.9 Å². The molecule has 140 valence electrons. The average molecular weight is 370 g/mol. The third-order valence-corrected chi connectivity index (χ3v) is 6.35. The van der Waals surface area contributed by atoms with Crippen LogP contribution in [-0.4, -0.2) is 57.4 Å². The van der Waals surface area contributed by atoms with E-state index in [0.717, 1.165) is 32.0 Å². The first-order chi connectivity index (χ1) is 13.1. The molecule has 4 saturated heterocycles. The molecule has 6 rings (SSSR count). The molecule has 1 amide bonds. The maximum atomic E-state index is 13.9. The van der Waals surface area contributed by atoms with Gasteiger partial charge in [0.15, 0.2) is 0 Å². The summed E-state index contributed by atoms with van der Waals surface area (Å²) in [5, 5.41) is 0. The lowest BCUT2D eigenvalue weighted by Gasteiger charge is -2.51. The minimum absolute atomic E-state index is 0.0540. The van der Waals surface area contributed by atoms with Gasteiger partial charge < -0.3 is 4.90 Å². The molecule has 2 bridgehead atoms. The van der Waals surface area contributed by atoms with Crippen molar-refractivity contribution in [1.29, 1.82) is 0 Å². The normalized spacial score (nSPS) is 31.8. The Morgan fingerprint density at radius 3 is 2.44 bits per heavy atom. The molecule has 27 heavy (non-hydrogen) atoms. The highest BCUT2D eigenvalue weighted by molar-refractivity contribution is 5.92. The molecule has 7 heteroatoms. The lowest BCUT2D eigenvalue weighted by molar-refractivity contribution is -0.00362. The zero-order chi connectivity index (χ0) is 18.5. The Labute approximate surface area is 156 Å². The fourth-order valence-corrected chi connectivity index (χ4v) is 5.29. The Bertz CT molecular complexity index is 849. The van der Waals surface area contributed by atoms with Crippen LogP contribution in [0.3, 0.4) is 0 Å². The van der Waals surface area contributed by atoms with Crippen molar-refractivity contribution in [3.8, 4) is 0 Å². The third-order valence-electron chi connectivity index (χ3n) is 6.35. The van der Waals surface area contributed by atoms with Crippen LogP contribution >= 0.6 is 0 Å². The van der Waals surface area contributed by atoms with E-state index in [1.54, 1.807) is 0 Å². The highest BCUT2D eigenvalue weighted by Gasteiger charge is 2.54. The Hall–Kier alpha value is -2.41.